The highest BCUT2D eigenvalue weighted by Gasteiger charge is 2.32. The third kappa shape index (κ3) is 4.12. The van der Waals surface area contributed by atoms with Crippen LogP contribution < -0.4 is 5.32 Å². The second-order valence-corrected chi connectivity index (χ2v) is 5.42. The van der Waals surface area contributed by atoms with Crippen molar-refractivity contribution in [3.05, 3.63) is 0 Å². The van der Waals surface area contributed by atoms with Crippen molar-refractivity contribution in [2.45, 2.75) is 52.5 Å². The van der Waals surface area contributed by atoms with Crippen LogP contribution in [0.2, 0.25) is 0 Å². The van der Waals surface area contributed by atoms with Crippen LogP contribution in [0.4, 0.5) is 0 Å². The fraction of sp³-hybridized carbons (Fsp3) is 1.00. The van der Waals surface area contributed by atoms with Crippen LogP contribution in [0.25, 0.3) is 0 Å². The van der Waals surface area contributed by atoms with Crippen LogP contribution in [0.3, 0.4) is 0 Å². The Labute approximate surface area is 94.8 Å². The van der Waals surface area contributed by atoms with E-state index in [4.69, 9.17) is 4.74 Å². The molecule has 0 aliphatic heterocycles. The topological polar surface area (TPSA) is 21.3 Å². The minimum atomic E-state index is 0.396. The Kier molecular flexibility index (Phi) is 5.07. The minimum Gasteiger partial charge on any atom is -0.384 e. The van der Waals surface area contributed by atoms with Crippen LogP contribution >= 0.6 is 0 Å². The predicted octanol–water partition coefficient (Wildman–Crippen LogP) is 2.83. The van der Waals surface area contributed by atoms with Crippen molar-refractivity contribution in [3.63, 3.8) is 0 Å². The zero-order valence-electron chi connectivity index (χ0n) is 10.8. The van der Waals surface area contributed by atoms with Crippen molar-refractivity contribution in [3.8, 4) is 0 Å². The highest BCUT2D eigenvalue weighted by Crippen LogP contribution is 2.33. The van der Waals surface area contributed by atoms with Gasteiger partial charge in [0.1, 0.15) is 0 Å². The van der Waals surface area contributed by atoms with Crippen LogP contribution in [-0.4, -0.2) is 26.3 Å². The predicted molar refractivity (Wildman–Crippen MR) is 65.1 cm³/mol. The van der Waals surface area contributed by atoms with Crippen LogP contribution in [-0.2, 0) is 4.74 Å². The molecule has 1 rings (SSSR count). The molecule has 0 aromatic rings. The first kappa shape index (κ1) is 13.0. The first-order valence-electron chi connectivity index (χ1n) is 6.34. The Morgan fingerprint density at radius 2 is 2.13 bits per heavy atom. The van der Waals surface area contributed by atoms with Gasteiger partial charge in [-0.1, -0.05) is 27.2 Å². The summed E-state index contributed by atoms with van der Waals surface area (Å²) < 4.78 is 5.29. The maximum Gasteiger partial charge on any atom is 0.0493 e. The highest BCUT2D eigenvalue weighted by molar-refractivity contribution is 4.87. The van der Waals surface area contributed by atoms with E-state index in [1.807, 2.05) is 0 Å². The summed E-state index contributed by atoms with van der Waals surface area (Å²) in [4.78, 5) is 0. The lowest BCUT2D eigenvalue weighted by Gasteiger charge is -2.36. The van der Waals surface area contributed by atoms with Gasteiger partial charge in [-0.15, -0.1) is 0 Å². The zero-order valence-corrected chi connectivity index (χ0v) is 10.8. The van der Waals surface area contributed by atoms with Crippen LogP contribution in [0.1, 0.15) is 46.5 Å². The monoisotopic (exact) mass is 213 g/mol. The lowest BCUT2D eigenvalue weighted by molar-refractivity contribution is 0.0733. The zero-order chi connectivity index (χ0) is 11.3. The number of hydrogen-bond acceptors (Lipinski definition) is 2. The first-order chi connectivity index (χ1) is 7.12. The molecule has 2 atom stereocenters. The maximum absolute atomic E-state index is 5.29. The summed E-state index contributed by atoms with van der Waals surface area (Å²) in [7, 11) is 1.80. The Hall–Kier alpha value is -0.0800. The summed E-state index contributed by atoms with van der Waals surface area (Å²) in [5.41, 5.74) is 0.396. The van der Waals surface area contributed by atoms with Gasteiger partial charge in [0.2, 0.25) is 0 Å². The highest BCUT2D eigenvalue weighted by atomic mass is 16.5. The van der Waals surface area contributed by atoms with Crippen LogP contribution in [0, 0.1) is 11.3 Å². The molecule has 0 heterocycles. The van der Waals surface area contributed by atoms with Gasteiger partial charge in [0.25, 0.3) is 0 Å². The molecule has 0 bridgehead atoms. The van der Waals surface area contributed by atoms with Gasteiger partial charge >= 0.3 is 0 Å². The quantitative estimate of drug-likeness (QED) is 0.669. The van der Waals surface area contributed by atoms with Gasteiger partial charge in [-0.2, -0.15) is 0 Å². The van der Waals surface area contributed by atoms with E-state index in [2.05, 4.69) is 26.1 Å². The number of rotatable bonds is 8. The third-order valence-electron chi connectivity index (χ3n) is 3.80. The van der Waals surface area contributed by atoms with Crippen LogP contribution in [0.5, 0.6) is 0 Å². The van der Waals surface area contributed by atoms with E-state index in [0.717, 1.165) is 19.2 Å². The van der Waals surface area contributed by atoms with Gasteiger partial charge in [0, 0.05) is 26.3 Å². The average Bonchev–Trinajstić information content (AvgIpc) is 2.99. The Bertz CT molecular complexity index is 179. The molecule has 1 aliphatic rings. The summed E-state index contributed by atoms with van der Waals surface area (Å²) >= 11 is 0. The van der Waals surface area contributed by atoms with Crippen molar-refractivity contribution in [1.29, 1.82) is 0 Å². The van der Waals surface area contributed by atoms with Gasteiger partial charge in [-0.25, -0.2) is 0 Å². The van der Waals surface area contributed by atoms with Crippen molar-refractivity contribution in [2.75, 3.05) is 20.3 Å². The van der Waals surface area contributed by atoms with Crippen molar-refractivity contribution >= 4 is 0 Å². The summed E-state index contributed by atoms with van der Waals surface area (Å²) in [6.07, 6.45) is 5.30. The second kappa shape index (κ2) is 5.86. The summed E-state index contributed by atoms with van der Waals surface area (Å²) in [6, 6.07) is 0.816. The SMILES string of the molecule is CCCC(C)(CNC1CC1)C(C)COC. The Balaban J connectivity index is 2.41. The molecule has 2 nitrogen and oxygen atoms in total. The molecule has 0 aromatic carbocycles. The van der Waals surface area contributed by atoms with Gasteiger partial charge < -0.3 is 10.1 Å². The molecule has 2 unspecified atom stereocenters. The Morgan fingerprint density at radius 3 is 2.60 bits per heavy atom. The number of hydrogen-bond donors (Lipinski definition) is 1. The van der Waals surface area contributed by atoms with Crippen molar-refractivity contribution in [1.82, 2.24) is 5.32 Å². The third-order valence-corrected chi connectivity index (χ3v) is 3.80. The van der Waals surface area contributed by atoms with Crippen LogP contribution in [0.15, 0.2) is 0 Å². The van der Waals surface area contributed by atoms with Gasteiger partial charge in [0.15, 0.2) is 0 Å². The smallest absolute Gasteiger partial charge is 0.0493 e. The van der Waals surface area contributed by atoms with E-state index in [9.17, 15) is 0 Å². The summed E-state index contributed by atoms with van der Waals surface area (Å²) in [5.74, 6) is 0.633. The van der Waals surface area contributed by atoms with Crippen molar-refractivity contribution in [2.24, 2.45) is 11.3 Å². The molecule has 1 N–H and O–H groups in total. The molecular formula is C13H27NO. The van der Waals surface area contributed by atoms with Gasteiger partial charge in [-0.05, 0) is 30.6 Å². The van der Waals surface area contributed by atoms with Gasteiger partial charge in [0.05, 0.1) is 0 Å². The first-order valence-corrected chi connectivity index (χ1v) is 6.34. The maximum atomic E-state index is 5.29. The molecule has 1 fully saturated rings. The molecule has 1 saturated carbocycles. The average molecular weight is 213 g/mol. The van der Waals surface area contributed by atoms with Gasteiger partial charge in [-0.3, -0.25) is 0 Å². The fourth-order valence-electron chi connectivity index (χ4n) is 2.20. The molecule has 1 aliphatic carbocycles. The molecule has 2 heteroatoms. The molecular weight excluding hydrogens is 186 g/mol. The Morgan fingerprint density at radius 1 is 1.47 bits per heavy atom. The molecule has 0 spiro atoms. The molecule has 15 heavy (non-hydrogen) atoms. The van der Waals surface area contributed by atoms with E-state index in [-0.39, 0.29) is 0 Å². The summed E-state index contributed by atoms with van der Waals surface area (Å²) in [5, 5.41) is 3.67. The van der Waals surface area contributed by atoms with E-state index >= 15 is 0 Å². The standard InChI is InChI=1S/C13H27NO/c1-5-8-13(3,11(2)9-15-4)10-14-12-6-7-12/h11-12,14H,5-10H2,1-4H3. The van der Waals surface area contributed by atoms with Crippen molar-refractivity contribution < 1.29 is 4.74 Å². The number of nitrogens with one attached hydrogen (secondary N) is 1. The normalized spacial score (nSPS) is 22.4. The summed E-state index contributed by atoms with van der Waals surface area (Å²) in [6.45, 7) is 9.01. The van der Waals surface area contributed by atoms with E-state index in [1.54, 1.807) is 7.11 Å². The van der Waals surface area contributed by atoms with E-state index in [1.165, 1.54) is 25.7 Å². The molecule has 0 saturated heterocycles. The molecule has 90 valence electrons. The molecule has 0 amide bonds. The second-order valence-electron chi connectivity index (χ2n) is 5.42. The molecule has 0 radical (unpaired) electrons. The minimum absolute atomic E-state index is 0.396. The lowest BCUT2D eigenvalue weighted by atomic mass is 9.75. The fourth-order valence-corrected chi connectivity index (χ4v) is 2.20. The number of methoxy groups -OCH3 is 1. The number of ether oxygens (including phenoxy) is 1. The largest absolute Gasteiger partial charge is 0.384 e. The van der Waals surface area contributed by atoms with E-state index < -0.39 is 0 Å². The lowest BCUT2D eigenvalue weighted by Crippen LogP contribution is -2.39. The molecule has 0 aromatic heterocycles. The van der Waals surface area contributed by atoms with E-state index in [0.29, 0.717) is 11.3 Å².